The molecule has 19 heavy (non-hydrogen) atoms. The van der Waals surface area contributed by atoms with E-state index >= 15 is 0 Å². The van der Waals surface area contributed by atoms with Gasteiger partial charge >= 0.3 is 11.9 Å². The molecule has 0 aromatic rings. The summed E-state index contributed by atoms with van der Waals surface area (Å²) >= 11 is 0. The zero-order valence-electron chi connectivity index (χ0n) is 12.3. The van der Waals surface area contributed by atoms with Gasteiger partial charge < -0.3 is 20.1 Å². The molecule has 0 heterocycles. The van der Waals surface area contributed by atoms with Crippen LogP contribution in [-0.2, 0) is 9.53 Å². The predicted octanol–water partition coefficient (Wildman–Crippen LogP) is 1.94. The number of hydrogen-bond acceptors (Lipinski definition) is 5. The molecule has 0 amide bonds. The molecule has 0 spiro atoms. The van der Waals surface area contributed by atoms with Gasteiger partial charge in [0.2, 0.25) is 0 Å². The zero-order valence-corrected chi connectivity index (χ0v) is 12.3. The highest BCUT2D eigenvalue weighted by Crippen LogP contribution is 2.14. The van der Waals surface area contributed by atoms with Crippen LogP contribution in [-0.4, -0.2) is 33.4 Å². The van der Waals surface area contributed by atoms with Crippen molar-refractivity contribution in [2.75, 3.05) is 0 Å². The summed E-state index contributed by atoms with van der Waals surface area (Å²) in [6, 6.07) is 0. The Bertz CT molecular complexity index is 245. The number of hydrogen-bond donors (Lipinski definition) is 3. The second-order valence-corrected chi connectivity index (χ2v) is 5.42. The highest BCUT2D eigenvalue weighted by atomic mass is 16.7. The maximum atomic E-state index is 11.4. The van der Waals surface area contributed by atoms with E-state index in [0.29, 0.717) is 5.92 Å². The van der Waals surface area contributed by atoms with Crippen molar-refractivity contribution in [3.05, 3.63) is 0 Å². The number of esters is 1. The van der Waals surface area contributed by atoms with E-state index in [4.69, 9.17) is 20.1 Å². The zero-order chi connectivity index (χ0) is 14.9. The predicted molar refractivity (Wildman–Crippen MR) is 72.1 cm³/mol. The summed E-state index contributed by atoms with van der Waals surface area (Å²) < 4.78 is 4.82. The summed E-state index contributed by atoms with van der Waals surface area (Å²) in [5.74, 6) is -2.75. The average molecular weight is 276 g/mol. The van der Waals surface area contributed by atoms with Crippen LogP contribution >= 0.6 is 0 Å². The molecule has 0 aliphatic heterocycles. The number of unbranched alkanes of at least 4 members (excludes halogenated alkanes) is 3. The second kappa shape index (κ2) is 9.28. The molecule has 0 saturated carbocycles. The van der Waals surface area contributed by atoms with Gasteiger partial charge in [0.15, 0.2) is 6.10 Å². The number of rotatable bonds is 10. The van der Waals surface area contributed by atoms with Crippen LogP contribution < -0.4 is 0 Å². The standard InChI is InChI=1S/C14H28O5/c1-4-12(14(16,17)18)19-13(15)10-8-6-5-7-9-11(2)3/h11-12,16-18H,4-10H2,1-3H3. The fourth-order valence-corrected chi connectivity index (χ4v) is 1.83. The minimum absolute atomic E-state index is 0.142. The molecule has 0 aliphatic rings. The van der Waals surface area contributed by atoms with Gasteiger partial charge in [-0.15, -0.1) is 0 Å². The Hall–Kier alpha value is -0.650. The van der Waals surface area contributed by atoms with Crippen LogP contribution in [0.3, 0.4) is 0 Å². The SMILES string of the molecule is CCC(OC(=O)CCCCCCC(C)C)C(O)(O)O. The summed E-state index contributed by atoms with van der Waals surface area (Å²) in [5.41, 5.74) is 0. The third-order valence-electron chi connectivity index (χ3n) is 2.99. The molecule has 1 atom stereocenters. The van der Waals surface area contributed by atoms with Crippen LogP contribution in [0.15, 0.2) is 0 Å². The van der Waals surface area contributed by atoms with E-state index in [-0.39, 0.29) is 12.8 Å². The lowest BCUT2D eigenvalue weighted by Gasteiger charge is -2.24. The van der Waals surface area contributed by atoms with Crippen LogP contribution in [0.25, 0.3) is 0 Å². The molecular formula is C14H28O5. The second-order valence-electron chi connectivity index (χ2n) is 5.42. The molecule has 0 aromatic carbocycles. The largest absolute Gasteiger partial charge is 0.454 e. The molecule has 114 valence electrons. The third kappa shape index (κ3) is 9.87. The fourth-order valence-electron chi connectivity index (χ4n) is 1.83. The van der Waals surface area contributed by atoms with E-state index in [9.17, 15) is 4.79 Å². The van der Waals surface area contributed by atoms with Gasteiger partial charge in [0, 0.05) is 6.42 Å². The van der Waals surface area contributed by atoms with Gasteiger partial charge in [-0.25, -0.2) is 0 Å². The molecule has 3 N–H and O–H groups in total. The first-order chi connectivity index (χ1) is 8.77. The molecule has 5 nitrogen and oxygen atoms in total. The van der Waals surface area contributed by atoms with Crippen LogP contribution in [0.5, 0.6) is 0 Å². The van der Waals surface area contributed by atoms with Crippen molar-refractivity contribution in [2.45, 2.75) is 77.8 Å². The third-order valence-corrected chi connectivity index (χ3v) is 2.99. The Balaban J connectivity index is 3.70. The summed E-state index contributed by atoms with van der Waals surface area (Å²) in [7, 11) is 0. The first-order valence-corrected chi connectivity index (χ1v) is 7.14. The molecule has 0 aliphatic carbocycles. The molecule has 0 bridgehead atoms. The van der Waals surface area contributed by atoms with Crippen LogP contribution in [0.4, 0.5) is 0 Å². The van der Waals surface area contributed by atoms with E-state index in [0.717, 1.165) is 25.7 Å². The van der Waals surface area contributed by atoms with Crippen molar-refractivity contribution < 1.29 is 24.9 Å². The van der Waals surface area contributed by atoms with Gasteiger partial charge in [-0.2, -0.15) is 0 Å². The van der Waals surface area contributed by atoms with Crippen LogP contribution in [0.2, 0.25) is 0 Å². The van der Waals surface area contributed by atoms with E-state index in [1.807, 2.05) is 0 Å². The molecule has 0 aromatic heterocycles. The Labute approximate surface area is 115 Å². The van der Waals surface area contributed by atoms with Crippen molar-refractivity contribution in [3.63, 3.8) is 0 Å². The lowest BCUT2D eigenvalue weighted by atomic mass is 10.0. The van der Waals surface area contributed by atoms with E-state index in [1.165, 1.54) is 6.42 Å². The topological polar surface area (TPSA) is 87.0 Å². The number of ether oxygens (including phenoxy) is 1. The summed E-state index contributed by atoms with van der Waals surface area (Å²) in [5, 5.41) is 26.9. The van der Waals surface area contributed by atoms with Crippen molar-refractivity contribution in [1.82, 2.24) is 0 Å². The molecule has 0 radical (unpaired) electrons. The highest BCUT2D eigenvalue weighted by molar-refractivity contribution is 5.69. The number of carbonyl (C=O) groups excluding carboxylic acids is 1. The van der Waals surface area contributed by atoms with E-state index < -0.39 is 18.0 Å². The monoisotopic (exact) mass is 276 g/mol. The molecule has 0 rings (SSSR count). The van der Waals surface area contributed by atoms with Gasteiger partial charge in [-0.1, -0.05) is 46.5 Å². The lowest BCUT2D eigenvalue weighted by Crippen LogP contribution is -2.44. The van der Waals surface area contributed by atoms with Crippen molar-refractivity contribution >= 4 is 5.97 Å². The Kier molecular flexibility index (Phi) is 8.97. The number of aliphatic hydroxyl groups is 3. The van der Waals surface area contributed by atoms with E-state index in [2.05, 4.69) is 13.8 Å². The smallest absolute Gasteiger partial charge is 0.314 e. The van der Waals surface area contributed by atoms with Gasteiger partial charge in [-0.05, 0) is 18.8 Å². The molecule has 0 saturated heterocycles. The van der Waals surface area contributed by atoms with Gasteiger partial charge in [-0.3, -0.25) is 4.79 Å². The fraction of sp³-hybridized carbons (Fsp3) is 0.929. The maximum Gasteiger partial charge on any atom is 0.314 e. The Morgan fingerprint density at radius 1 is 1.11 bits per heavy atom. The molecule has 1 unspecified atom stereocenters. The summed E-state index contributed by atoms with van der Waals surface area (Å²) in [6.45, 7) is 5.97. The van der Waals surface area contributed by atoms with Gasteiger partial charge in [0.25, 0.3) is 0 Å². The molecular weight excluding hydrogens is 248 g/mol. The maximum absolute atomic E-state index is 11.4. The van der Waals surface area contributed by atoms with Crippen molar-refractivity contribution in [2.24, 2.45) is 5.92 Å². The van der Waals surface area contributed by atoms with Gasteiger partial charge in [0.1, 0.15) is 0 Å². The number of carbonyl (C=O) groups is 1. The molecule has 5 heteroatoms. The van der Waals surface area contributed by atoms with E-state index in [1.54, 1.807) is 6.92 Å². The quantitative estimate of drug-likeness (QED) is 0.322. The average Bonchev–Trinajstić information content (AvgIpc) is 2.28. The first-order valence-electron chi connectivity index (χ1n) is 7.14. The lowest BCUT2D eigenvalue weighted by molar-refractivity contribution is -0.356. The van der Waals surface area contributed by atoms with Crippen molar-refractivity contribution in [3.8, 4) is 0 Å². The summed E-state index contributed by atoms with van der Waals surface area (Å²) in [4.78, 5) is 11.4. The molecule has 0 fully saturated rings. The minimum Gasteiger partial charge on any atom is -0.454 e. The highest BCUT2D eigenvalue weighted by Gasteiger charge is 2.33. The summed E-state index contributed by atoms with van der Waals surface area (Å²) in [6.07, 6.45) is 4.23. The van der Waals surface area contributed by atoms with Crippen LogP contribution in [0.1, 0.15) is 65.7 Å². The Morgan fingerprint density at radius 3 is 2.16 bits per heavy atom. The Morgan fingerprint density at radius 2 is 1.68 bits per heavy atom. The van der Waals surface area contributed by atoms with Crippen LogP contribution in [0, 0.1) is 5.92 Å². The minimum atomic E-state index is -2.96. The van der Waals surface area contributed by atoms with Crippen molar-refractivity contribution in [1.29, 1.82) is 0 Å². The first kappa shape index (κ1) is 18.4. The van der Waals surface area contributed by atoms with Gasteiger partial charge in [0.05, 0.1) is 0 Å². The normalized spacial score (nSPS) is 13.6.